The third-order valence-electron chi connectivity index (χ3n) is 2.77. The van der Waals surface area contributed by atoms with Crippen LogP contribution in [0.5, 0.6) is 0 Å². The van der Waals surface area contributed by atoms with Crippen LogP contribution in [0, 0.1) is 5.82 Å². The number of benzene rings is 1. The molecule has 1 aromatic carbocycles. The van der Waals surface area contributed by atoms with E-state index in [4.69, 9.17) is 5.84 Å². The number of alkyl halides is 3. The van der Waals surface area contributed by atoms with E-state index in [-0.39, 0.29) is 12.0 Å². The Balaban J connectivity index is 2.35. The quantitative estimate of drug-likeness (QED) is 0.518. The Kier molecular flexibility index (Phi) is 4.36. The van der Waals surface area contributed by atoms with Crippen LogP contribution in [0.25, 0.3) is 0 Å². The van der Waals surface area contributed by atoms with E-state index in [2.05, 4.69) is 10.4 Å². The summed E-state index contributed by atoms with van der Waals surface area (Å²) >= 11 is 1.33. The molecule has 0 aliphatic rings. The maximum atomic E-state index is 14.0. The highest BCUT2D eigenvalue weighted by Gasteiger charge is 2.35. The topological polar surface area (TPSA) is 50.9 Å². The van der Waals surface area contributed by atoms with Crippen molar-refractivity contribution in [2.75, 3.05) is 0 Å². The fourth-order valence-electron chi connectivity index (χ4n) is 1.82. The molecule has 0 radical (unpaired) electrons. The molecule has 1 atom stereocenters. The van der Waals surface area contributed by atoms with Crippen molar-refractivity contribution in [3.63, 3.8) is 0 Å². The lowest BCUT2D eigenvalue weighted by atomic mass is 10.0. The first-order valence-electron chi connectivity index (χ1n) is 5.63. The average molecular weight is 305 g/mol. The van der Waals surface area contributed by atoms with Crippen LogP contribution < -0.4 is 11.3 Å². The van der Waals surface area contributed by atoms with Crippen molar-refractivity contribution >= 4 is 11.3 Å². The Hall–Kier alpha value is -1.51. The van der Waals surface area contributed by atoms with Gasteiger partial charge in [-0.3, -0.25) is 11.3 Å². The second-order valence-corrected chi connectivity index (χ2v) is 5.03. The van der Waals surface area contributed by atoms with E-state index in [1.54, 1.807) is 11.6 Å². The number of nitrogens with one attached hydrogen (secondary N) is 1. The summed E-state index contributed by atoms with van der Waals surface area (Å²) in [7, 11) is 0. The van der Waals surface area contributed by atoms with Crippen LogP contribution in [0.15, 0.2) is 29.8 Å². The number of hydrazine groups is 1. The molecule has 3 nitrogen and oxygen atoms in total. The molecule has 0 bridgehead atoms. The zero-order valence-electron chi connectivity index (χ0n) is 10.1. The number of nitrogens with two attached hydrogens (primary N) is 1. The molecule has 2 rings (SSSR count). The van der Waals surface area contributed by atoms with Crippen LogP contribution in [0.4, 0.5) is 17.6 Å². The number of halogens is 4. The molecule has 1 heterocycles. The van der Waals surface area contributed by atoms with Crippen molar-refractivity contribution in [3.8, 4) is 0 Å². The summed E-state index contributed by atoms with van der Waals surface area (Å²) in [6, 6.07) is 2.37. The van der Waals surface area contributed by atoms with E-state index < -0.39 is 23.6 Å². The summed E-state index contributed by atoms with van der Waals surface area (Å²) in [6.07, 6.45) is -2.96. The van der Waals surface area contributed by atoms with Gasteiger partial charge in [0.05, 0.1) is 16.6 Å². The Bertz CT molecular complexity index is 569. The molecule has 0 spiro atoms. The molecule has 1 unspecified atom stereocenters. The molecular formula is C12H11F4N3S. The van der Waals surface area contributed by atoms with Gasteiger partial charge in [0.25, 0.3) is 0 Å². The second-order valence-electron chi connectivity index (χ2n) is 4.06. The molecule has 108 valence electrons. The van der Waals surface area contributed by atoms with Gasteiger partial charge in [0.15, 0.2) is 0 Å². The maximum absolute atomic E-state index is 14.0. The van der Waals surface area contributed by atoms with Gasteiger partial charge in [-0.2, -0.15) is 13.2 Å². The van der Waals surface area contributed by atoms with Crippen molar-refractivity contribution < 1.29 is 17.6 Å². The van der Waals surface area contributed by atoms with Crippen molar-refractivity contribution in [2.45, 2.75) is 18.6 Å². The van der Waals surface area contributed by atoms with Crippen LogP contribution in [-0.4, -0.2) is 4.98 Å². The minimum Gasteiger partial charge on any atom is -0.271 e. The van der Waals surface area contributed by atoms with Crippen LogP contribution in [0.3, 0.4) is 0 Å². The van der Waals surface area contributed by atoms with E-state index in [1.807, 2.05) is 0 Å². The van der Waals surface area contributed by atoms with Crippen LogP contribution in [-0.2, 0) is 12.6 Å². The molecule has 0 saturated heterocycles. The van der Waals surface area contributed by atoms with Gasteiger partial charge in [-0.05, 0) is 6.07 Å². The average Bonchev–Trinajstić information content (AvgIpc) is 2.88. The monoisotopic (exact) mass is 305 g/mol. The SMILES string of the molecule is NNC(Cc1nccs1)c1cccc(C(F)(F)F)c1F. The van der Waals surface area contributed by atoms with Crippen molar-refractivity contribution in [1.29, 1.82) is 0 Å². The van der Waals surface area contributed by atoms with E-state index in [1.165, 1.54) is 17.4 Å². The lowest BCUT2D eigenvalue weighted by Crippen LogP contribution is -2.30. The Morgan fingerprint density at radius 2 is 2.10 bits per heavy atom. The van der Waals surface area contributed by atoms with Crippen LogP contribution >= 0.6 is 11.3 Å². The van der Waals surface area contributed by atoms with Gasteiger partial charge in [-0.25, -0.2) is 9.37 Å². The molecule has 3 N–H and O–H groups in total. The molecular weight excluding hydrogens is 294 g/mol. The molecule has 0 fully saturated rings. The van der Waals surface area contributed by atoms with Crippen molar-refractivity contribution in [2.24, 2.45) is 5.84 Å². The minimum atomic E-state index is -4.74. The number of rotatable bonds is 4. The van der Waals surface area contributed by atoms with Crippen molar-refractivity contribution in [3.05, 3.63) is 51.7 Å². The third kappa shape index (κ3) is 3.14. The molecule has 2 aromatic rings. The number of nitrogens with zero attached hydrogens (tertiary/aromatic N) is 1. The summed E-state index contributed by atoms with van der Waals surface area (Å²) in [5.74, 6) is 4.02. The summed E-state index contributed by atoms with van der Waals surface area (Å²) < 4.78 is 52.0. The zero-order chi connectivity index (χ0) is 14.8. The smallest absolute Gasteiger partial charge is 0.271 e. The van der Waals surface area contributed by atoms with Gasteiger partial charge >= 0.3 is 6.18 Å². The fourth-order valence-corrected chi connectivity index (χ4v) is 2.49. The lowest BCUT2D eigenvalue weighted by molar-refractivity contribution is -0.140. The second kappa shape index (κ2) is 5.86. The minimum absolute atomic E-state index is 0.127. The molecule has 0 aliphatic carbocycles. The standard InChI is InChI=1S/C12H11F4N3S/c13-11-7(2-1-3-8(11)12(14,15)16)9(19-17)6-10-18-4-5-20-10/h1-5,9,19H,6,17H2. The van der Waals surface area contributed by atoms with Crippen LogP contribution in [0.1, 0.15) is 22.2 Å². The molecule has 8 heteroatoms. The number of aromatic nitrogens is 1. The Morgan fingerprint density at radius 3 is 2.65 bits per heavy atom. The third-order valence-corrected chi connectivity index (χ3v) is 3.57. The summed E-state index contributed by atoms with van der Waals surface area (Å²) in [4.78, 5) is 4.01. The lowest BCUT2D eigenvalue weighted by Gasteiger charge is -2.18. The highest BCUT2D eigenvalue weighted by Crippen LogP contribution is 2.34. The van der Waals surface area contributed by atoms with Gasteiger partial charge < -0.3 is 0 Å². The molecule has 0 aliphatic heterocycles. The number of thiazole rings is 1. The summed E-state index contributed by atoms with van der Waals surface area (Å²) in [5, 5.41) is 2.38. The van der Waals surface area contributed by atoms with E-state index in [9.17, 15) is 17.6 Å². The van der Waals surface area contributed by atoms with E-state index in [0.29, 0.717) is 11.1 Å². The van der Waals surface area contributed by atoms with Gasteiger partial charge in [0, 0.05) is 23.6 Å². The highest BCUT2D eigenvalue weighted by molar-refractivity contribution is 7.09. The van der Waals surface area contributed by atoms with E-state index >= 15 is 0 Å². The van der Waals surface area contributed by atoms with Crippen LogP contribution in [0.2, 0.25) is 0 Å². The Morgan fingerprint density at radius 1 is 1.35 bits per heavy atom. The number of hydrogen-bond acceptors (Lipinski definition) is 4. The predicted octanol–water partition coefficient (Wildman–Crippen LogP) is 3.05. The van der Waals surface area contributed by atoms with E-state index in [0.717, 1.165) is 6.07 Å². The maximum Gasteiger partial charge on any atom is 0.419 e. The Labute approximate surface area is 116 Å². The first-order valence-corrected chi connectivity index (χ1v) is 6.51. The molecule has 0 amide bonds. The largest absolute Gasteiger partial charge is 0.419 e. The van der Waals surface area contributed by atoms with Gasteiger partial charge in [-0.1, -0.05) is 12.1 Å². The molecule has 1 aromatic heterocycles. The summed E-state index contributed by atoms with van der Waals surface area (Å²) in [6.45, 7) is 0. The zero-order valence-corrected chi connectivity index (χ0v) is 10.9. The first-order chi connectivity index (χ1) is 9.43. The van der Waals surface area contributed by atoms with Gasteiger partial charge in [-0.15, -0.1) is 11.3 Å². The normalized spacial score (nSPS) is 13.4. The fraction of sp³-hybridized carbons (Fsp3) is 0.250. The van der Waals surface area contributed by atoms with Gasteiger partial charge in [0.1, 0.15) is 5.82 Å². The first kappa shape index (κ1) is 14.9. The molecule has 0 saturated carbocycles. The molecule has 20 heavy (non-hydrogen) atoms. The van der Waals surface area contributed by atoms with Crippen molar-refractivity contribution in [1.82, 2.24) is 10.4 Å². The number of hydrogen-bond donors (Lipinski definition) is 2. The summed E-state index contributed by atoms with van der Waals surface area (Å²) in [5.41, 5.74) is 0.911. The highest BCUT2D eigenvalue weighted by atomic mass is 32.1. The predicted molar refractivity (Wildman–Crippen MR) is 67.3 cm³/mol. The van der Waals surface area contributed by atoms with Gasteiger partial charge in [0.2, 0.25) is 0 Å².